The Labute approximate surface area is 192 Å². The number of hydrogen-bond acceptors (Lipinski definition) is 5. The number of esters is 1. The molecule has 7 nitrogen and oxygen atoms in total. The maximum absolute atomic E-state index is 13.1. The highest BCUT2D eigenvalue weighted by Crippen LogP contribution is 2.38. The van der Waals surface area contributed by atoms with E-state index in [-0.39, 0.29) is 23.1 Å². The van der Waals surface area contributed by atoms with Crippen molar-refractivity contribution in [1.29, 1.82) is 0 Å². The number of carbonyl (C=O) groups is 4. The maximum atomic E-state index is 13.1. The van der Waals surface area contributed by atoms with E-state index in [9.17, 15) is 32.3 Å². The fourth-order valence-corrected chi connectivity index (χ4v) is 4.07. The third-order valence-electron chi connectivity index (χ3n) is 5.69. The number of imide groups is 1. The molecular formula is C24H19F3N2O5. The standard InChI is InChI=1S/C24H19F3N2O5/c25-24(26,27)18-10-3-4-11-19(18)28-20(30)13-34-23(33)14-6-5-7-15(12-14)29-21(31)16-8-1-2-9-17(16)22(29)32/h1-7,10-12,16-17H,8-9,13H2,(H,28,30)/t16-,17-/m1/s1. The normalized spacial score (nSPS) is 19.7. The Balaban J connectivity index is 1.41. The number of fused-ring (bicyclic) bond motifs is 1. The van der Waals surface area contributed by atoms with Gasteiger partial charge in [0.25, 0.3) is 5.91 Å². The van der Waals surface area contributed by atoms with Gasteiger partial charge < -0.3 is 10.1 Å². The summed E-state index contributed by atoms with van der Waals surface area (Å²) in [5, 5.41) is 2.08. The minimum absolute atomic E-state index is 0.0189. The molecule has 0 unspecified atom stereocenters. The molecule has 10 heteroatoms. The molecule has 2 atom stereocenters. The van der Waals surface area contributed by atoms with E-state index in [4.69, 9.17) is 4.74 Å². The number of rotatable bonds is 5. The van der Waals surface area contributed by atoms with Crippen LogP contribution >= 0.6 is 0 Å². The van der Waals surface area contributed by atoms with Crippen molar-refractivity contribution in [2.24, 2.45) is 11.8 Å². The predicted molar refractivity (Wildman–Crippen MR) is 115 cm³/mol. The number of amides is 3. The molecule has 1 fully saturated rings. The van der Waals surface area contributed by atoms with E-state index >= 15 is 0 Å². The zero-order valence-electron chi connectivity index (χ0n) is 17.7. The lowest BCUT2D eigenvalue weighted by Gasteiger charge is -2.16. The van der Waals surface area contributed by atoms with Gasteiger partial charge in [0.15, 0.2) is 6.61 Å². The quantitative estimate of drug-likeness (QED) is 0.404. The number of nitrogens with zero attached hydrogens (tertiary/aromatic N) is 1. The second kappa shape index (κ2) is 9.12. The Morgan fingerprint density at radius 1 is 0.971 bits per heavy atom. The first-order valence-corrected chi connectivity index (χ1v) is 10.4. The summed E-state index contributed by atoms with van der Waals surface area (Å²) in [7, 11) is 0. The largest absolute Gasteiger partial charge is 0.452 e. The lowest BCUT2D eigenvalue weighted by atomic mass is 9.85. The summed E-state index contributed by atoms with van der Waals surface area (Å²) in [6.07, 6.45) is 0.00266. The van der Waals surface area contributed by atoms with Crippen LogP contribution in [0.25, 0.3) is 0 Å². The van der Waals surface area contributed by atoms with E-state index in [0.29, 0.717) is 12.8 Å². The maximum Gasteiger partial charge on any atom is 0.418 e. The number of nitrogens with one attached hydrogen (secondary N) is 1. The van der Waals surface area contributed by atoms with Gasteiger partial charge in [-0.2, -0.15) is 13.2 Å². The van der Waals surface area contributed by atoms with Gasteiger partial charge in [0.1, 0.15) is 0 Å². The molecule has 4 rings (SSSR count). The van der Waals surface area contributed by atoms with Gasteiger partial charge in [-0.3, -0.25) is 19.3 Å². The second-order valence-electron chi connectivity index (χ2n) is 7.89. The fourth-order valence-electron chi connectivity index (χ4n) is 4.07. The van der Waals surface area contributed by atoms with Gasteiger partial charge in [-0.25, -0.2) is 4.79 Å². The van der Waals surface area contributed by atoms with Crippen LogP contribution in [0.5, 0.6) is 0 Å². The van der Waals surface area contributed by atoms with Crippen LogP contribution in [-0.2, 0) is 25.3 Å². The van der Waals surface area contributed by atoms with Gasteiger partial charge in [-0.15, -0.1) is 0 Å². The Kier molecular flexibility index (Phi) is 6.23. The van der Waals surface area contributed by atoms with E-state index in [1.54, 1.807) is 0 Å². The van der Waals surface area contributed by atoms with Crippen LogP contribution in [0.3, 0.4) is 0 Å². The summed E-state index contributed by atoms with van der Waals surface area (Å²) in [6, 6.07) is 10.1. The minimum Gasteiger partial charge on any atom is -0.452 e. The molecule has 2 aromatic rings. The third-order valence-corrected chi connectivity index (χ3v) is 5.69. The Hall–Kier alpha value is -3.95. The Bertz CT molecular complexity index is 1170. The molecule has 3 amide bonds. The van der Waals surface area contributed by atoms with E-state index in [0.717, 1.165) is 17.0 Å². The van der Waals surface area contributed by atoms with Crippen LogP contribution in [0.4, 0.5) is 24.5 Å². The molecule has 1 aliphatic heterocycles. The van der Waals surface area contributed by atoms with Crippen molar-refractivity contribution in [2.45, 2.75) is 19.0 Å². The highest BCUT2D eigenvalue weighted by atomic mass is 19.4. The van der Waals surface area contributed by atoms with Crippen LogP contribution in [0.15, 0.2) is 60.7 Å². The molecule has 0 saturated carbocycles. The summed E-state index contributed by atoms with van der Waals surface area (Å²) in [6.45, 7) is -0.827. The molecule has 1 heterocycles. The first-order valence-electron chi connectivity index (χ1n) is 10.4. The predicted octanol–water partition coefficient (Wildman–Crippen LogP) is 3.96. The minimum atomic E-state index is -4.67. The number of benzene rings is 2. The SMILES string of the molecule is O=C(COC(=O)c1cccc(N2C(=O)[C@@H]3CC=CC[C@H]3C2=O)c1)Nc1ccccc1C(F)(F)F. The number of para-hydroxylation sites is 1. The smallest absolute Gasteiger partial charge is 0.418 e. The van der Waals surface area contributed by atoms with Crippen molar-refractivity contribution >= 4 is 35.1 Å². The monoisotopic (exact) mass is 472 g/mol. The van der Waals surface area contributed by atoms with Crippen molar-refractivity contribution < 1.29 is 37.1 Å². The lowest BCUT2D eigenvalue weighted by molar-refractivity contribution is -0.137. The number of halogens is 3. The first kappa shape index (κ1) is 23.2. The second-order valence-corrected chi connectivity index (χ2v) is 7.89. The van der Waals surface area contributed by atoms with E-state index in [1.165, 1.54) is 36.4 Å². The van der Waals surface area contributed by atoms with Crippen molar-refractivity contribution in [3.05, 3.63) is 71.8 Å². The summed E-state index contributed by atoms with van der Waals surface area (Å²) in [4.78, 5) is 51.0. The molecule has 34 heavy (non-hydrogen) atoms. The van der Waals surface area contributed by atoms with Crippen molar-refractivity contribution in [2.75, 3.05) is 16.8 Å². The number of hydrogen-bond donors (Lipinski definition) is 1. The zero-order valence-corrected chi connectivity index (χ0v) is 17.7. The first-order chi connectivity index (χ1) is 16.2. The number of allylic oxidation sites excluding steroid dienone is 2. The molecule has 2 aliphatic rings. The third kappa shape index (κ3) is 4.57. The number of alkyl halides is 3. The Morgan fingerprint density at radius 2 is 1.62 bits per heavy atom. The molecule has 0 spiro atoms. The van der Waals surface area contributed by atoms with E-state index in [2.05, 4.69) is 5.32 Å². The van der Waals surface area contributed by atoms with Gasteiger partial charge >= 0.3 is 12.1 Å². The summed E-state index contributed by atoms with van der Waals surface area (Å²) in [5.74, 6) is -3.44. The summed E-state index contributed by atoms with van der Waals surface area (Å²) in [5.41, 5.74) is -1.30. The van der Waals surface area contributed by atoms with Crippen LogP contribution in [0, 0.1) is 11.8 Å². The number of anilines is 2. The van der Waals surface area contributed by atoms with Gasteiger partial charge in [0.05, 0.1) is 34.3 Å². The van der Waals surface area contributed by atoms with E-state index < -0.39 is 47.7 Å². The lowest BCUT2D eigenvalue weighted by Crippen LogP contribution is -2.31. The molecule has 0 aromatic heterocycles. The van der Waals surface area contributed by atoms with Gasteiger partial charge in [0, 0.05) is 0 Å². The molecule has 1 N–H and O–H groups in total. The zero-order chi connectivity index (χ0) is 24.5. The topological polar surface area (TPSA) is 92.8 Å². The molecule has 1 saturated heterocycles. The Morgan fingerprint density at radius 3 is 2.26 bits per heavy atom. The molecule has 1 aliphatic carbocycles. The highest BCUT2D eigenvalue weighted by molar-refractivity contribution is 6.22. The summed E-state index contributed by atoms with van der Waals surface area (Å²) < 4.78 is 44.1. The van der Waals surface area contributed by atoms with Gasteiger partial charge in [0.2, 0.25) is 11.8 Å². The average molecular weight is 472 g/mol. The summed E-state index contributed by atoms with van der Waals surface area (Å²) >= 11 is 0. The fraction of sp³-hybridized carbons (Fsp3) is 0.250. The molecule has 176 valence electrons. The average Bonchev–Trinajstić information content (AvgIpc) is 3.07. The van der Waals surface area contributed by atoms with Gasteiger partial charge in [-0.05, 0) is 43.2 Å². The molecule has 2 aromatic carbocycles. The highest BCUT2D eigenvalue weighted by Gasteiger charge is 2.47. The van der Waals surface area contributed by atoms with Gasteiger partial charge in [-0.1, -0.05) is 30.4 Å². The van der Waals surface area contributed by atoms with Crippen molar-refractivity contribution in [3.8, 4) is 0 Å². The molecule has 0 radical (unpaired) electrons. The van der Waals surface area contributed by atoms with Crippen molar-refractivity contribution in [3.63, 3.8) is 0 Å². The molecule has 0 bridgehead atoms. The number of ether oxygens (including phenoxy) is 1. The van der Waals surface area contributed by atoms with Crippen LogP contribution in [-0.4, -0.2) is 30.3 Å². The van der Waals surface area contributed by atoms with E-state index in [1.807, 2.05) is 12.2 Å². The van der Waals surface area contributed by atoms with Crippen molar-refractivity contribution in [1.82, 2.24) is 0 Å². The van der Waals surface area contributed by atoms with Crippen LogP contribution in [0.2, 0.25) is 0 Å². The van der Waals surface area contributed by atoms with Crippen LogP contribution in [0.1, 0.15) is 28.8 Å². The molecular weight excluding hydrogens is 453 g/mol. The van der Waals surface area contributed by atoms with Crippen LogP contribution < -0.4 is 10.2 Å². The number of carbonyl (C=O) groups excluding carboxylic acids is 4.